The average Bonchev–Trinajstić information content (AvgIpc) is 2.64. The molecule has 0 aromatic heterocycles. The van der Waals surface area contributed by atoms with Crippen LogP contribution in [-0.4, -0.2) is 49.6 Å². The standard InChI is InChI=1S/C21H33NO5Si/c1-21(2,3)28(4,5)27-15-17-12-9-13-22(18(17)19(23)24)20(25)26-14-16-10-7-6-8-11-16/h6-8,10-11,17-18H,9,12-15H2,1-5H3,(H,23,24). The zero-order valence-corrected chi connectivity index (χ0v) is 18.6. The first-order valence-electron chi connectivity index (χ1n) is 9.87. The molecule has 0 saturated carbocycles. The van der Waals surface area contributed by atoms with Gasteiger partial charge in [0.2, 0.25) is 0 Å². The lowest BCUT2D eigenvalue weighted by Gasteiger charge is -2.41. The lowest BCUT2D eigenvalue weighted by atomic mass is 9.90. The van der Waals surface area contributed by atoms with Gasteiger partial charge in [0.1, 0.15) is 12.6 Å². The van der Waals surface area contributed by atoms with E-state index in [1.165, 1.54) is 4.90 Å². The maximum atomic E-state index is 12.6. The molecule has 1 N–H and O–H groups in total. The number of ether oxygens (including phenoxy) is 1. The molecule has 1 aromatic carbocycles. The normalized spacial score (nSPS) is 20.7. The number of nitrogens with zero attached hydrogens (tertiary/aromatic N) is 1. The van der Waals surface area contributed by atoms with Crippen molar-refractivity contribution in [2.24, 2.45) is 5.92 Å². The van der Waals surface area contributed by atoms with Crippen molar-refractivity contribution >= 4 is 20.4 Å². The molecule has 1 aliphatic heterocycles. The third kappa shape index (κ3) is 5.58. The maximum Gasteiger partial charge on any atom is 0.410 e. The molecule has 28 heavy (non-hydrogen) atoms. The van der Waals surface area contributed by atoms with Gasteiger partial charge < -0.3 is 14.3 Å². The summed E-state index contributed by atoms with van der Waals surface area (Å²) >= 11 is 0. The quantitative estimate of drug-likeness (QED) is 0.702. The fourth-order valence-electron chi connectivity index (χ4n) is 3.12. The minimum atomic E-state index is -1.99. The van der Waals surface area contributed by atoms with Gasteiger partial charge in [0.05, 0.1) is 0 Å². The molecule has 1 aromatic rings. The molecular formula is C21H33NO5Si. The van der Waals surface area contributed by atoms with E-state index in [4.69, 9.17) is 9.16 Å². The Bertz CT molecular complexity index is 671. The van der Waals surface area contributed by atoms with Crippen LogP contribution in [0.5, 0.6) is 0 Å². The van der Waals surface area contributed by atoms with Crippen LogP contribution in [0.25, 0.3) is 0 Å². The molecular weight excluding hydrogens is 374 g/mol. The number of likely N-dealkylation sites (tertiary alicyclic amines) is 1. The molecule has 6 nitrogen and oxygen atoms in total. The number of hydrogen-bond donors (Lipinski definition) is 1. The Hall–Kier alpha value is -1.86. The van der Waals surface area contributed by atoms with E-state index < -0.39 is 26.4 Å². The highest BCUT2D eigenvalue weighted by atomic mass is 28.4. The lowest BCUT2D eigenvalue weighted by molar-refractivity contribution is -0.147. The topological polar surface area (TPSA) is 76.1 Å². The number of rotatable bonds is 6. The smallest absolute Gasteiger partial charge is 0.410 e. The van der Waals surface area contributed by atoms with E-state index in [1.807, 2.05) is 30.3 Å². The number of carbonyl (C=O) groups is 2. The highest BCUT2D eigenvalue weighted by molar-refractivity contribution is 6.74. The van der Waals surface area contributed by atoms with Gasteiger partial charge in [-0.05, 0) is 36.5 Å². The second-order valence-corrected chi connectivity index (χ2v) is 13.8. The maximum absolute atomic E-state index is 12.6. The number of carboxylic acid groups (broad SMARTS) is 1. The number of amides is 1. The Morgan fingerprint density at radius 3 is 2.43 bits per heavy atom. The van der Waals surface area contributed by atoms with Crippen LogP contribution in [-0.2, 0) is 20.6 Å². The van der Waals surface area contributed by atoms with Crippen molar-refractivity contribution in [1.29, 1.82) is 0 Å². The van der Waals surface area contributed by atoms with Crippen molar-refractivity contribution in [2.45, 2.75) is 64.4 Å². The number of benzene rings is 1. The second-order valence-electron chi connectivity index (χ2n) is 8.99. The fourth-order valence-corrected chi connectivity index (χ4v) is 4.19. The van der Waals surface area contributed by atoms with Crippen LogP contribution in [0, 0.1) is 5.92 Å². The summed E-state index contributed by atoms with van der Waals surface area (Å²) in [4.78, 5) is 25.9. The monoisotopic (exact) mass is 407 g/mol. The van der Waals surface area contributed by atoms with Gasteiger partial charge in [-0.3, -0.25) is 4.90 Å². The van der Waals surface area contributed by atoms with E-state index in [2.05, 4.69) is 33.9 Å². The molecule has 0 bridgehead atoms. The van der Waals surface area contributed by atoms with Crippen molar-refractivity contribution < 1.29 is 23.9 Å². The predicted molar refractivity (Wildman–Crippen MR) is 111 cm³/mol. The Morgan fingerprint density at radius 1 is 1.21 bits per heavy atom. The molecule has 1 heterocycles. The van der Waals surface area contributed by atoms with Crippen LogP contribution >= 0.6 is 0 Å². The SMILES string of the molecule is CC(C)(C)[Si](C)(C)OCC1CCCN(C(=O)OCc2ccccc2)C1C(=O)O. The van der Waals surface area contributed by atoms with Crippen LogP contribution in [0.4, 0.5) is 4.79 Å². The fraction of sp³-hybridized carbons (Fsp3) is 0.619. The highest BCUT2D eigenvalue weighted by Gasteiger charge is 2.43. The van der Waals surface area contributed by atoms with Crippen LogP contribution in [0.2, 0.25) is 18.1 Å². The third-order valence-corrected chi connectivity index (χ3v) is 10.4. The zero-order valence-electron chi connectivity index (χ0n) is 17.6. The predicted octanol–water partition coefficient (Wildman–Crippen LogP) is 4.51. The molecule has 1 aliphatic rings. The van der Waals surface area contributed by atoms with Crippen molar-refractivity contribution in [2.75, 3.05) is 13.2 Å². The Morgan fingerprint density at radius 2 is 1.86 bits per heavy atom. The summed E-state index contributed by atoms with van der Waals surface area (Å²) in [6.45, 7) is 11.6. The van der Waals surface area contributed by atoms with Crippen molar-refractivity contribution in [3.63, 3.8) is 0 Å². The summed E-state index contributed by atoms with van der Waals surface area (Å²) in [6.07, 6.45) is 0.900. The van der Waals surface area contributed by atoms with Crippen LogP contribution in [0.1, 0.15) is 39.2 Å². The van der Waals surface area contributed by atoms with Gasteiger partial charge in [-0.15, -0.1) is 0 Å². The lowest BCUT2D eigenvalue weighted by Crippen LogP contribution is -2.55. The summed E-state index contributed by atoms with van der Waals surface area (Å²) < 4.78 is 11.7. The second kappa shape index (κ2) is 9.09. The minimum absolute atomic E-state index is 0.0503. The van der Waals surface area contributed by atoms with Gasteiger partial charge in [0, 0.05) is 19.1 Å². The number of hydrogen-bond acceptors (Lipinski definition) is 4. The van der Waals surface area contributed by atoms with E-state index in [0.29, 0.717) is 13.2 Å². The molecule has 2 unspecified atom stereocenters. The summed E-state index contributed by atoms with van der Waals surface area (Å²) in [5, 5.41) is 9.86. The summed E-state index contributed by atoms with van der Waals surface area (Å²) in [5.41, 5.74) is 0.873. The number of carboxylic acids is 1. The van der Waals surface area contributed by atoms with E-state index >= 15 is 0 Å². The molecule has 2 rings (SSSR count). The number of piperidine rings is 1. The molecule has 0 radical (unpaired) electrons. The van der Waals surface area contributed by atoms with E-state index in [0.717, 1.165) is 18.4 Å². The van der Waals surface area contributed by atoms with Crippen molar-refractivity contribution in [3.05, 3.63) is 35.9 Å². The van der Waals surface area contributed by atoms with E-state index in [9.17, 15) is 14.7 Å². The van der Waals surface area contributed by atoms with E-state index in [-0.39, 0.29) is 17.6 Å². The molecule has 2 atom stereocenters. The van der Waals surface area contributed by atoms with Crippen LogP contribution < -0.4 is 0 Å². The molecule has 1 saturated heterocycles. The third-order valence-electron chi connectivity index (χ3n) is 5.91. The van der Waals surface area contributed by atoms with Gasteiger partial charge >= 0.3 is 12.1 Å². The van der Waals surface area contributed by atoms with Gasteiger partial charge in [-0.2, -0.15) is 0 Å². The Kier molecular flexibility index (Phi) is 7.28. The molecule has 7 heteroatoms. The first-order chi connectivity index (χ1) is 13.0. The van der Waals surface area contributed by atoms with Gasteiger partial charge in [0.15, 0.2) is 8.32 Å². The summed E-state index contributed by atoms with van der Waals surface area (Å²) in [7, 11) is -1.99. The van der Waals surface area contributed by atoms with Gasteiger partial charge in [-0.1, -0.05) is 51.1 Å². The van der Waals surface area contributed by atoms with Gasteiger partial charge in [-0.25, -0.2) is 9.59 Å². The average molecular weight is 408 g/mol. The van der Waals surface area contributed by atoms with Crippen molar-refractivity contribution in [3.8, 4) is 0 Å². The number of aliphatic carboxylic acids is 1. The number of carbonyl (C=O) groups excluding carboxylic acids is 1. The summed E-state index contributed by atoms with van der Waals surface area (Å²) in [5.74, 6) is -1.23. The summed E-state index contributed by atoms with van der Waals surface area (Å²) in [6, 6.07) is 8.46. The minimum Gasteiger partial charge on any atom is -0.480 e. The molecule has 156 valence electrons. The van der Waals surface area contributed by atoms with Crippen LogP contribution in [0.3, 0.4) is 0 Å². The first kappa shape index (κ1) is 22.4. The Balaban J connectivity index is 2.04. The van der Waals surface area contributed by atoms with Crippen molar-refractivity contribution in [1.82, 2.24) is 4.90 Å². The molecule has 0 spiro atoms. The van der Waals surface area contributed by atoms with Crippen LogP contribution in [0.15, 0.2) is 30.3 Å². The Labute approximate surface area is 169 Å². The van der Waals surface area contributed by atoms with E-state index in [1.54, 1.807) is 0 Å². The first-order valence-corrected chi connectivity index (χ1v) is 12.8. The molecule has 1 amide bonds. The largest absolute Gasteiger partial charge is 0.480 e. The molecule has 0 aliphatic carbocycles. The molecule has 1 fully saturated rings. The highest BCUT2D eigenvalue weighted by Crippen LogP contribution is 2.37. The van der Waals surface area contributed by atoms with Gasteiger partial charge in [0.25, 0.3) is 0 Å². The zero-order chi connectivity index (χ0) is 20.9.